The number of rotatable bonds is 55. The number of carbonyl (C=O) groups is 3. The fourth-order valence-electron chi connectivity index (χ4n) is 8.25. The minimum Gasteiger partial charge on any atom is -0.462 e. The van der Waals surface area contributed by atoms with Crippen molar-refractivity contribution in [3.8, 4) is 0 Å². The molecule has 0 aliphatic rings. The number of allylic oxidation sites excluding steroid dienone is 22. The van der Waals surface area contributed by atoms with Gasteiger partial charge in [-0.2, -0.15) is 0 Å². The van der Waals surface area contributed by atoms with E-state index in [1.165, 1.54) is 83.5 Å². The Balaban J connectivity index is 4.33. The molecule has 0 spiro atoms. The van der Waals surface area contributed by atoms with E-state index in [-0.39, 0.29) is 31.1 Å². The van der Waals surface area contributed by atoms with Crippen LogP contribution in [0.25, 0.3) is 0 Å². The van der Waals surface area contributed by atoms with Gasteiger partial charge in [0.05, 0.1) is 0 Å². The van der Waals surface area contributed by atoms with E-state index in [1.54, 1.807) is 0 Å². The SMILES string of the molecule is CC/C=C\C/C=C\C/C=C\C/C=C\C/C=C\C/C=C\CCCCCCCCCCCCC(=O)OCC(COC(=O)CCCCC/C=C\C/C=C\C/C=C\CC)OC(=O)CCCCCCC/C=C\C/C=C\CCCCCC. The summed E-state index contributed by atoms with van der Waals surface area (Å²) in [5, 5.41) is 0. The Bertz CT molecular complexity index is 1630. The van der Waals surface area contributed by atoms with Crippen LogP contribution in [0.1, 0.15) is 271 Å². The fourth-order valence-corrected chi connectivity index (χ4v) is 8.25. The number of hydrogen-bond donors (Lipinski definition) is 0. The Hall–Kier alpha value is -4.45. The molecule has 0 aromatic rings. The van der Waals surface area contributed by atoms with Gasteiger partial charge in [0.2, 0.25) is 0 Å². The summed E-state index contributed by atoms with van der Waals surface area (Å²) >= 11 is 0. The van der Waals surface area contributed by atoms with Crippen LogP contribution in [0.5, 0.6) is 0 Å². The van der Waals surface area contributed by atoms with Gasteiger partial charge in [-0.1, -0.05) is 251 Å². The van der Waals surface area contributed by atoms with Gasteiger partial charge in [0.25, 0.3) is 0 Å². The van der Waals surface area contributed by atoms with E-state index in [4.69, 9.17) is 14.2 Å². The summed E-state index contributed by atoms with van der Waals surface area (Å²) < 4.78 is 16.9. The van der Waals surface area contributed by atoms with Crippen molar-refractivity contribution in [2.45, 2.75) is 277 Å². The molecule has 6 heteroatoms. The van der Waals surface area contributed by atoms with Crippen molar-refractivity contribution in [3.63, 3.8) is 0 Å². The molecule has 0 aromatic carbocycles. The van der Waals surface area contributed by atoms with Crippen molar-refractivity contribution in [1.82, 2.24) is 0 Å². The van der Waals surface area contributed by atoms with Gasteiger partial charge in [0.1, 0.15) is 13.2 Å². The average Bonchev–Trinajstić information content (AvgIpc) is 3.42. The Morgan fingerprint density at radius 3 is 0.816 bits per heavy atom. The number of hydrogen-bond acceptors (Lipinski definition) is 6. The summed E-state index contributed by atoms with van der Waals surface area (Å²) in [5.41, 5.74) is 0. The first-order chi connectivity index (χ1) is 37.5. The van der Waals surface area contributed by atoms with E-state index < -0.39 is 6.10 Å². The lowest BCUT2D eigenvalue weighted by Gasteiger charge is -2.18. The summed E-state index contributed by atoms with van der Waals surface area (Å²) in [6.07, 6.45) is 88.8. The van der Waals surface area contributed by atoms with Gasteiger partial charge in [-0.3, -0.25) is 14.4 Å². The van der Waals surface area contributed by atoms with Crippen LogP contribution in [-0.4, -0.2) is 37.2 Å². The van der Waals surface area contributed by atoms with Crippen LogP contribution in [0, 0.1) is 0 Å². The van der Waals surface area contributed by atoms with Crippen LogP contribution in [-0.2, 0) is 28.6 Å². The lowest BCUT2D eigenvalue weighted by molar-refractivity contribution is -0.167. The lowest BCUT2D eigenvalue weighted by Crippen LogP contribution is -2.30. The highest BCUT2D eigenvalue weighted by Crippen LogP contribution is 2.15. The molecule has 430 valence electrons. The van der Waals surface area contributed by atoms with Gasteiger partial charge in [-0.05, 0) is 135 Å². The molecule has 0 rings (SSSR count). The van der Waals surface area contributed by atoms with E-state index in [0.717, 1.165) is 148 Å². The van der Waals surface area contributed by atoms with Crippen molar-refractivity contribution in [2.24, 2.45) is 0 Å². The zero-order valence-electron chi connectivity index (χ0n) is 49.2. The Morgan fingerprint density at radius 2 is 0.513 bits per heavy atom. The normalized spacial score (nSPS) is 13.0. The molecule has 0 saturated carbocycles. The van der Waals surface area contributed by atoms with E-state index in [1.807, 2.05) is 0 Å². The van der Waals surface area contributed by atoms with Crippen molar-refractivity contribution < 1.29 is 28.6 Å². The molecule has 0 heterocycles. The third-order valence-corrected chi connectivity index (χ3v) is 12.9. The average molecular weight is 1050 g/mol. The van der Waals surface area contributed by atoms with E-state index in [9.17, 15) is 14.4 Å². The van der Waals surface area contributed by atoms with Gasteiger partial charge in [0, 0.05) is 19.3 Å². The molecule has 1 unspecified atom stereocenters. The van der Waals surface area contributed by atoms with Gasteiger partial charge in [0.15, 0.2) is 6.10 Å². The molecule has 0 N–H and O–H groups in total. The molecule has 0 aromatic heterocycles. The molecule has 0 aliphatic heterocycles. The summed E-state index contributed by atoms with van der Waals surface area (Å²) in [4.78, 5) is 38.2. The highest BCUT2D eigenvalue weighted by atomic mass is 16.6. The second kappa shape index (κ2) is 63.1. The minimum absolute atomic E-state index is 0.0987. The number of ether oxygens (including phenoxy) is 3. The third-order valence-electron chi connectivity index (χ3n) is 12.9. The predicted molar refractivity (Wildman–Crippen MR) is 329 cm³/mol. The second-order valence-electron chi connectivity index (χ2n) is 20.2. The third kappa shape index (κ3) is 60.4. The maximum Gasteiger partial charge on any atom is 0.306 e. The Morgan fingerprint density at radius 1 is 0.276 bits per heavy atom. The number of unbranched alkanes of at least 4 members (excludes halogenated alkanes) is 22. The van der Waals surface area contributed by atoms with Crippen molar-refractivity contribution >= 4 is 17.9 Å². The van der Waals surface area contributed by atoms with E-state index in [0.29, 0.717) is 19.3 Å². The summed E-state index contributed by atoms with van der Waals surface area (Å²) in [7, 11) is 0. The van der Waals surface area contributed by atoms with Crippen LogP contribution in [0.15, 0.2) is 134 Å². The number of esters is 3. The fraction of sp³-hybridized carbons (Fsp3) is 0.643. The van der Waals surface area contributed by atoms with E-state index >= 15 is 0 Å². The standard InChI is InChI=1S/C70H114O6/c1-4-7-10-13-16-19-22-25-27-29-30-31-32-33-34-35-36-37-38-39-40-41-43-45-48-51-54-57-60-63-69(72)75-66-67(65-74-68(71)62-59-56-53-50-47-44-24-21-18-15-12-9-6-3)76-70(73)64-61-58-55-52-49-46-42-28-26-23-20-17-14-11-8-5-2/h7,9-10,12,16,18-21,23,25,27-28,30-31,33-34,36-37,42,44,47,67H,4-6,8,11,13-15,17,22,24,26,29,32,35,38-41,43,45-46,48-66H2,1-3H3/b10-7-,12-9-,19-16-,21-18-,23-20-,27-25-,31-30-,34-33-,37-36-,42-28-,47-44-. The Labute approximate surface area is 468 Å². The largest absolute Gasteiger partial charge is 0.462 e. The molecular weight excluding hydrogens is 937 g/mol. The highest BCUT2D eigenvalue weighted by molar-refractivity contribution is 5.71. The van der Waals surface area contributed by atoms with Crippen LogP contribution in [0.4, 0.5) is 0 Å². The van der Waals surface area contributed by atoms with Gasteiger partial charge in [-0.25, -0.2) is 0 Å². The molecule has 0 amide bonds. The van der Waals surface area contributed by atoms with Crippen LogP contribution in [0.2, 0.25) is 0 Å². The van der Waals surface area contributed by atoms with Gasteiger partial charge in [-0.15, -0.1) is 0 Å². The Kier molecular flexibility index (Phi) is 59.4. The first-order valence-corrected chi connectivity index (χ1v) is 31.2. The zero-order valence-corrected chi connectivity index (χ0v) is 49.2. The predicted octanol–water partition coefficient (Wildman–Crippen LogP) is 21.4. The number of carbonyl (C=O) groups excluding carboxylic acids is 3. The second-order valence-corrected chi connectivity index (χ2v) is 20.2. The molecule has 0 fully saturated rings. The van der Waals surface area contributed by atoms with Gasteiger partial charge >= 0.3 is 17.9 Å². The van der Waals surface area contributed by atoms with E-state index in [2.05, 4.69) is 154 Å². The molecule has 0 bridgehead atoms. The molecule has 0 saturated heterocycles. The van der Waals surface area contributed by atoms with Crippen LogP contribution >= 0.6 is 0 Å². The highest BCUT2D eigenvalue weighted by Gasteiger charge is 2.19. The van der Waals surface area contributed by atoms with Crippen LogP contribution in [0.3, 0.4) is 0 Å². The monoisotopic (exact) mass is 1050 g/mol. The van der Waals surface area contributed by atoms with Gasteiger partial charge < -0.3 is 14.2 Å². The summed E-state index contributed by atoms with van der Waals surface area (Å²) in [6.45, 7) is 6.35. The molecular formula is C70H114O6. The lowest BCUT2D eigenvalue weighted by atomic mass is 10.1. The van der Waals surface area contributed by atoms with Crippen LogP contribution < -0.4 is 0 Å². The molecule has 6 nitrogen and oxygen atoms in total. The summed E-state index contributed by atoms with van der Waals surface area (Å²) in [6, 6.07) is 0. The topological polar surface area (TPSA) is 78.9 Å². The first-order valence-electron chi connectivity index (χ1n) is 31.2. The smallest absolute Gasteiger partial charge is 0.306 e. The maximum absolute atomic E-state index is 12.9. The minimum atomic E-state index is -0.804. The molecule has 0 aliphatic carbocycles. The van der Waals surface area contributed by atoms with Crippen molar-refractivity contribution in [2.75, 3.05) is 13.2 Å². The molecule has 1 atom stereocenters. The van der Waals surface area contributed by atoms with Crippen molar-refractivity contribution in [1.29, 1.82) is 0 Å². The maximum atomic E-state index is 12.9. The van der Waals surface area contributed by atoms with Crippen molar-refractivity contribution in [3.05, 3.63) is 134 Å². The zero-order chi connectivity index (χ0) is 55.0. The molecule has 76 heavy (non-hydrogen) atoms. The summed E-state index contributed by atoms with van der Waals surface area (Å²) in [5.74, 6) is -0.947. The quantitative estimate of drug-likeness (QED) is 0.0261. The molecule has 0 radical (unpaired) electrons. The first kappa shape index (κ1) is 71.5.